The SMILES string of the molecule is Nc1cccc2c1N(Cc1ccc(Cl)nc1Cl)CC2. The van der Waals surface area contributed by atoms with E-state index in [1.807, 2.05) is 18.2 Å². The van der Waals surface area contributed by atoms with Gasteiger partial charge < -0.3 is 10.6 Å². The van der Waals surface area contributed by atoms with Crippen LogP contribution in [0.5, 0.6) is 0 Å². The van der Waals surface area contributed by atoms with Gasteiger partial charge in [0.05, 0.1) is 11.4 Å². The predicted octanol–water partition coefficient (Wildman–Crippen LogP) is 3.53. The Hall–Kier alpha value is -1.45. The maximum atomic E-state index is 6.12. The number of anilines is 2. The van der Waals surface area contributed by atoms with Gasteiger partial charge in [-0.05, 0) is 24.1 Å². The summed E-state index contributed by atoms with van der Waals surface area (Å²) in [5.74, 6) is 0. The van der Waals surface area contributed by atoms with Crippen molar-refractivity contribution in [3.63, 3.8) is 0 Å². The highest BCUT2D eigenvalue weighted by Gasteiger charge is 2.22. The third-order valence-corrected chi connectivity index (χ3v) is 3.91. The van der Waals surface area contributed by atoms with Crippen LogP contribution < -0.4 is 10.6 Å². The molecule has 0 spiro atoms. The number of pyridine rings is 1. The largest absolute Gasteiger partial charge is 0.397 e. The second kappa shape index (κ2) is 4.91. The average Bonchev–Trinajstić information content (AvgIpc) is 2.77. The second-order valence-electron chi connectivity index (χ2n) is 4.61. The molecule has 0 saturated carbocycles. The molecule has 1 aromatic heterocycles. The molecule has 0 unspecified atom stereocenters. The Bertz CT molecular complexity index is 628. The molecule has 1 aromatic carbocycles. The molecule has 0 aliphatic carbocycles. The fourth-order valence-corrected chi connectivity index (χ4v) is 2.89. The van der Waals surface area contributed by atoms with E-state index in [2.05, 4.69) is 16.0 Å². The zero-order chi connectivity index (χ0) is 13.4. The number of nitrogens with two attached hydrogens (primary N) is 1. The number of hydrogen-bond donors (Lipinski definition) is 1. The van der Waals surface area contributed by atoms with E-state index in [0.29, 0.717) is 16.9 Å². The van der Waals surface area contributed by atoms with Crippen molar-refractivity contribution >= 4 is 34.6 Å². The number of aromatic nitrogens is 1. The standard InChI is InChI=1S/C14H13Cl2N3/c15-12-5-4-10(14(16)18-12)8-19-7-6-9-2-1-3-11(17)13(9)19/h1-5H,6-8,17H2. The zero-order valence-corrected chi connectivity index (χ0v) is 11.7. The molecule has 0 fully saturated rings. The fourth-order valence-electron chi connectivity index (χ4n) is 2.49. The first-order valence-electron chi connectivity index (χ1n) is 6.08. The minimum absolute atomic E-state index is 0.412. The molecule has 3 nitrogen and oxygen atoms in total. The Morgan fingerprint density at radius 2 is 2.05 bits per heavy atom. The number of nitrogen functional groups attached to an aromatic ring is 1. The molecule has 1 aliphatic rings. The number of benzene rings is 1. The Morgan fingerprint density at radius 1 is 1.21 bits per heavy atom. The van der Waals surface area contributed by atoms with Crippen molar-refractivity contribution in [2.24, 2.45) is 0 Å². The van der Waals surface area contributed by atoms with E-state index < -0.39 is 0 Å². The summed E-state index contributed by atoms with van der Waals surface area (Å²) in [7, 11) is 0. The molecule has 0 bridgehead atoms. The quantitative estimate of drug-likeness (QED) is 0.680. The van der Waals surface area contributed by atoms with Crippen LogP contribution in [0.1, 0.15) is 11.1 Å². The molecule has 98 valence electrons. The van der Waals surface area contributed by atoms with Crippen LogP contribution in [0.25, 0.3) is 0 Å². The van der Waals surface area contributed by atoms with Crippen molar-refractivity contribution in [3.05, 3.63) is 51.8 Å². The van der Waals surface area contributed by atoms with E-state index >= 15 is 0 Å². The number of hydrogen-bond acceptors (Lipinski definition) is 3. The lowest BCUT2D eigenvalue weighted by Crippen LogP contribution is -2.21. The van der Waals surface area contributed by atoms with Crippen molar-refractivity contribution in [1.82, 2.24) is 4.98 Å². The van der Waals surface area contributed by atoms with Gasteiger partial charge >= 0.3 is 0 Å². The summed E-state index contributed by atoms with van der Waals surface area (Å²) in [6.45, 7) is 1.65. The third kappa shape index (κ3) is 2.36. The fraction of sp³-hybridized carbons (Fsp3) is 0.214. The highest BCUT2D eigenvalue weighted by Crippen LogP contribution is 2.35. The highest BCUT2D eigenvalue weighted by molar-refractivity contribution is 6.32. The molecular weight excluding hydrogens is 281 g/mol. The summed E-state index contributed by atoms with van der Waals surface area (Å²) in [5.41, 5.74) is 10.2. The second-order valence-corrected chi connectivity index (χ2v) is 5.36. The van der Waals surface area contributed by atoms with Gasteiger partial charge in [-0.25, -0.2) is 4.98 Å². The van der Waals surface area contributed by atoms with E-state index in [0.717, 1.165) is 29.9 Å². The van der Waals surface area contributed by atoms with Gasteiger partial charge in [-0.1, -0.05) is 41.4 Å². The molecule has 2 N–H and O–H groups in total. The van der Waals surface area contributed by atoms with Crippen LogP contribution >= 0.6 is 23.2 Å². The summed E-state index contributed by atoms with van der Waals surface area (Å²) in [6.07, 6.45) is 1.01. The molecule has 2 heterocycles. The van der Waals surface area contributed by atoms with E-state index in [4.69, 9.17) is 28.9 Å². The number of halogens is 2. The van der Waals surface area contributed by atoms with Crippen LogP contribution in [0, 0.1) is 0 Å². The lowest BCUT2D eigenvalue weighted by Gasteiger charge is -2.21. The molecular formula is C14H13Cl2N3. The monoisotopic (exact) mass is 293 g/mol. The molecule has 0 radical (unpaired) electrons. The Kier molecular flexibility index (Phi) is 3.25. The normalized spacial score (nSPS) is 13.7. The number of fused-ring (bicyclic) bond motifs is 1. The molecule has 0 atom stereocenters. The van der Waals surface area contributed by atoms with Crippen molar-refractivity contribution in [2.45, 2.75) is 13.0 Å². The van der Waals surface area contributed by atoms with Gasteiger partial charge in [-0.2, -0.15) is 0 Å². The van der Waals surface area contributed by atoms with E-state index in [1.165, 1.54) is 5.56 Å². The first kappa shape index (κ1) is 12.6. The van der Waals surface area contributed by atoms with Crippen molar-refractivity contribution in [1.29, 1.82) is 0 Å². The summed E-state index contributed by atoms with van der Waals surface area (Å²) >= 11 is 11.9. The van der Waals surface area contributed by atoms with Crippen LogP contribution in [-0.4, -0.2) is 11.5 Å². The van der Waals surface area contributed by atoms with Crippen LogP contribution in [0.2, 0.25) is 10.3 Å². The summed E-state index contributed by atoms with van der Waals surface area (Å²) < 4.78 is 0. The summed E-state index contributed by atoms with van der Waals surface area (Å²) in [6, 6.07) is 9.71. The van der Waals surface area contributed by atoms with Gasteiger partial charge in [-0.3, -0.25) is 0 Å². The lowest BCUT2D eigenvalue weighted by atomic mass is 10.1. The molecule has 19 heavy (non-hydrogen) atoms. The first-order valence-corrected chi connectivity index (χ1v) is 6.84. The zero-order valence-electron chi connectivity index (χ0n) is 10.2. The Labute approximate surface area is 122 Å². The van der Waals surface area contributed by atoms with Crippen LogP contribution in [0.3, 0.4) is 0 Å². The number of para-hydroxylation sites is 1. The summed E-state index contributed by atoms with van der Waals surface area (Å²) in [4.78, 5) is 6.30. The maximum Gasteiger partial charge on any atom is 0.135 e. The minimum Gasteiger partial charge on any atom is -0.397 e. The molecule has 1 aliphatic heterocycles. The molecule has 0 amide bonds. The Morgan fingerprint density at radius 3 is 2.84 bits per heavy atom. The Balaban J connectivity index is 1.91. The smallest absolute Gasteiger partial charge is 0.135 e. The van der Waals surface area contributed by atoms with Crippen molar-refractivity contribution in [2.75, 3.05) is 17.2 Å². The molecule has 3 rings (SSSR count). The van der Waals surface area contributed by atoms with Gasteiger partial charge in [0.1, 0.15) is 10.3 Å². The minimum atomic E-state index is 0.412. The molecule has 0 saturated heterocycles. The van der Waals surface area contributed by atoms with Crippen LogP contribution in [0.4, 0.5) is 11.4 Å². The number of rotatable bonds is 2. The van der Waals surface area contributed by atoms with Crippen molar-refractivity contribution < 1.29 is 0 Å². The van der Waals surface area contributed by atoms with E-state index in [-0.39, 0.29) is 0 Å². The third-order valence-electron chi connectivity index (χ3n) is 3.37. The van der Waals surface area contributed by atoms with Gasteiger partial charge in [0.15, 0.2) is 0 Å². The number of nitrogens with zero attached hydrogens (tertiary/aromatic N) is 2. The lowest BCUT2D eigenvalue weighted by molar-refractivity contribution is 0.833. The van der Waals surface area contributed by atoms with Crippen LogP contribution in [-0.2, 0) is 13.0 Å². The van der Waals surface area contributed by atoms with Gasteiger partial charge in [0.25, 0.3) is 0 Å². The summed E-state index contributed by atoms with van der Waals surface area (Å²) in [5, 5.41) is 0.866. The van der Waals surface area contributed by atoms with E-state index in [9.17, 15) is 0 Å². The average molecular weight is 294 g/mol. The van der Waals surface area contributed by atoms with E-state index in [1.54, 1.807) is 6.07 Å². The van der Waals surface area contributed by atoms with Crippen LogP contribution in [0.15, 0.2) is 30.3 Å². The molecule has 5 heteroatoms. The van der Waals surface area contributed by atoms with Gasteiger partial charge in [-0.15, -0.1) is 0 Å². The van der Waals surface area contributed by atoms with Crippen molar-refractivity contribution in [3.8, 4) is 0 Å². The molecule has 2 aromatic rings. The predicted molar refractivity (Wildman–Crippen MR) is 79.9 cm³/mol. The first-order chi connectivity index (χ1) is 9.15. The maximum absolute atomic E-state index is 6.12. The van der Waals surface area contributed by atoms with Gasteiger partial charge in [0, 0.05) is 18.7 Å². The van der Waals surface area contributed by atoms with Gasteiger partial charge in [0.2, 0.25) is 0 Å². The topological polar surface area (TPSA) is 42.1 Å². The highest BCUT2D eigenvalue weighted by atomic mass is 35.5.